The maximum absolute atomic E-state index is 12.7. The van der Waals surface area contributed by atoms with Gasteiger partial charge in [-0.2, -0.15) is 0 Å². The van der Waals surface area contributed by atoms with Crippen LogP contribution in [0.15, 0.2) is 28.4 Å². The number of hydrogen-bond donors (Lipinski definition) is 0. The first-order valence-corrected chi connectivity index (χ1v) is 8.17. The van der Waals surface area contributed by atoms with Gasteiger partial charge in [-0.15, -0.1) is 11.3 Å². The van der Waals surface area contributed by atoms with E-state index < -0.39 is 0 Å². The quantitative estimate of drug-likeness (QED) is 0.872. The molecule has 0 atom stereocenters. The number of ether oxygens (including phenoxy) is 1. The molecule has 4 nitrogen and oxygen atoms in total. The first-order chi connectivity index (χ1) is 10.2. The first kappa shape index (κ1) is 14.4. The average Bonchev–Trinajstić information content (AvgIpc) is 2.55. The fourth-order valence-electron chi connectivity index (χ4n) is 2.75. The van der Waals surface area contributed by atoms with Crippen molar-refractivity contribution in [3.63, 3.8) is 0 Å². The Bertz CT molecular complexity index is 690. The molecular weight excluding hydrogens is 284 g/mol. The maximum Gasteiger partial charge on any atom is 0.211 e. The zero-order valence-electron chi connectivity index (χ0n) is 12.5. The summed E-state index contributed by atoms with van der Waals surface area (Å²) >= 11 is 1.63. The number of rotatable bonds is 3. The third kappa shape index (κ3) is 2.76. The average molecular weight is 304 g/mol. The Hall–Kier alpha value is -1.59. The molecule has 1 aromatic heterocycles. The van der Waals surface area contributed by atoms with Gasteiger partial charge in [0.15, 0.2) is 0 Å². The first-order valence-electron chi connectivity index (χ1n) is 7.29. The van der Waals surface area contributed by atoms with Crippen molar-refractivity contribution in [3.05, 3.63) is 33.8 Å². The minimum Gasteiger partial charge on any atom is -0.497 e. The molecule has 1 fully saturated rings. The number of methoxy groups -OCH3 is 1. The zero-order valence-corrected chi connectivity index (χ0v) is 13.3. The third-order valence-corrected chi connectivity index (χ3v) is 5.07. The monoisotopic (exact) mass is 304 g/mol. The summed E-state index contributed by atoms with van der Waals surface area (Å²) in [6.07, 6.45) is 0. The van der Waals surface area contributed by atoms with Gasteiger partial charge in [-0.1, -0.05) is 6.92 Å². The molecule has 0 spiro atoms. The van der Waals surface area contributed by atoms with Crippen molar-refractivity contribution in [1.29, 1.82) is 0 Å². The molecule has 0 N–H and O–H groups in total. The second kappa shape index (κ2) is 6.03. The van der Waals surface area contributed by atoms with Crippen LogP contribution in [0.4, 0.5) is 5.69 Å². The number of nitrogens with zero attached hydrogens (tertiary/aromatic N) is 2. The van der Waals surface area contributed by atoms with E-state index in [1.807, 2.05) is 23.6 Å². The van der Waals surface area contributed by atoms with Gasteiger partial charge in [-0.3, -0.25) is 4.79 Å². The number of hydrogen-bond acceptors (Lipinski definition) is 5. The predicted octanol–water partition coefficient (Wildman–Crippen LogP) is 2.41. The predicted molar refractivity (Wildman–Crippen MR) is 89.0 cm³/mol. The van der Waals surface area contributed by atoms with Crippen molar-refractivity contribution in [3.8, 4) is 5.75 Å². The van der Waals surface area contributed by atoms with E-state index in [1.54, 1.807) is 18.4 Å². The maximum atomic E-state index is 12.7. The van der Waals surface area contributed by atoms with Crippen LogP contribution in [0.25, 0.3) is 10.1 Å². The molecule has 1 aliphatic heterocycles. The van der Waals surface area contributed by atoms with Crippen LogP contribution in [0.5, 0.6) is 5.75 Å². The van der Waals surface area contributed by atoms with E-state index in [4.69, 9.17) is 4.74 Å². The fraction of sp³-hybridized carbons (Fsp3) is 0.438. The molecule has 3 rings (SSSR count). The van der Waals surface area contributed by atoms with Gasteiger partial charge >= 0.3 is 0 Å². The Morgan fingerprint density at radius 3 is 2.67 bits per heavy atom. The minimum atomic E-state index is 0.118. The molecule has 1 saturated heterocycles. The lowest BCUT2D eigenvalue weighted by Gasteiger charge is -2.35. The van der Waals surface area contributed by atoms with Gasteiger partial charge in [-0.05, 0) is 24.7 Å². The molecule has 2 heterocycles. The van der Waals surface area contributed by atoms with Gasteiger partial charge in [0.25, 0.3) is 0 Å². The van der Waals surface area contributed by atoms with Gasteiger partial charge in [0.2, 0.25) is 5.43 Å². The smallest absolute Gasteiger partial charge is 0.211 e. The Labute approximate surface area is 128 Å². The molecule has 0 saturated carbocycles. The molecule has 0 aliphatic carbocycles. The highest BCUT2D eigenvalue weighted by molar-refractivity contribution is 7.16. The summed E-state index contributed by atoms with van der Waals surface area (Å²) in [5.74, 6) is 0.736. The largest absolute Gasteiger partial charge is 0.497 e. The lowest BCUT2D eigenvalue weighted by atomic mass is 10.2. The number of fused-ring (bicyclic) bond motifs is 1. The summed E-state index contributed by atoms with van der Waals surface area (Å²) in [7, 11) is 1.63. The standard InChI is InChI=1S/C16H20N2O2S/c1-3-17-6-8-18(9-7-17)14-11-21-15-5-4-12(20-2)10-13(15)16(14)19/h4-5,10-11H,3,6-9H2,1-2H3. The van der Waals surface area contributed by atoms with E-state index >= 15 is 0 Å². The molecule has 1 aromatic carbocycles. The highest BCUT2D eigenvalue weighted by Crippen LogP contribution is 2.25. The lowest BCUT2D eigenvalue weighted by Crippen LogP contribution is -2.47. The van der Waals surface area contributed by atoms with Crippen molar-refractivity contribution in [1.82, 2.24) is 4.90 Å². The molecule has 0 bridgehead atoms. The lowest BCUT2D eigenvalue weighted by molar-refractivity contribution is 0.271. The van der Waals surface area contributed by atoms with Gasteiger partial charge in [-0.25, -0.2) is 0 Å². The number of likely N-dealkylation sites (N-methyl/N-ethyl adjacent to an activating group) is 1. The van der Waals surface area contributed by atoms with Crippen molar-refractivity contribution in [2.24, 2.45) is 0 Å². The minimum absolute atomic E-state index is 0.118. The SMILES string of the molecule is CCN1CCN(c2csc3ccc(OC)cc3c2=O)CC1. The third-order valence-electron chi connectivity index (χ3n) is 4.12. The van der Waals surface area contributed by atoms with E-state index in [1.165, 1.54) is 0 Å². The zero-order chi connectivity index (χ0) is 14.8. The molecular formula is C16H20N2O2S. The van der Waals surface area contributed by atoms with Crippen LogP contribution < -0.4 is 15.1 Å². The van der Waals surface area contributed by atoms with E-state index in [2.05, 4.69) is 16.7 Å². The Kier molecular flexibility index (Phi) is 4.12. The normalized spacial score (nSPS) is 16.4. The second-order valence-corrected chi connectivity index (χ2v) is 6.14. The molecule has 5 heteroatoms. The van der Waals surface area contributed by atoms with Gasteiger partial charge in [0.05, 0.1) is 12.8 Å². The van der Waals surface area contributed by atoms with Crippen molar-refractivity contribution < 1.29 is 4.74 Å². The Balaban J connectivity index is 1.96. The van der Waals surface area contributed by atoms with E-state index in [0.717, 1.165) is 54.2 Å². The van der Waals surface area contributed by atoms with Crippen LogP contribution in [0.3, 0.4) is 0 Å². The summed E-state index contributed by atoms with van der Waals surface area (Å²) in [4.78, 5) is 17.4. The van der Waals surface area contributed by atoms with Crippen molar-refractivity contribution >= 4 is 27.1 Å². The Morgan fingerprint density at radius 1 is 1.24 bits per heavy atom. The van der Waals surface area contributed by atoms with Gasteiger partial charge in [0.1, 0.15) is 5.75 Å². The van der Waals surface area contributed by atoms with Crippen molar-refractivity contribution in [2.45, 2.75) is 6.92 Å². The molecule has 1 aliphatic rings. The van der Waals surface area contributed by atoms with Crippen LogP contribution in [0.1, 0.15) is 6.92 Å². The van der Waals surface area contributed by atoms with Crippen LogP contribution >= 0.6 is 11.3 Å². The number of anilines is 1. The van der Waals surface area contributed by atoms with Crippen molar-refractivity contribution in [2.75, 3.05) is 44.7 Å². The Morgan fingerprint density at radius 2 is 2.00 bits per heavy atom. The highest BCUT2D eigenvalue weighted by Gasteiger charge is 2.19. The van der Waals surface area contributed by atoms with E-state index in [-0.39, 0.29) is 5.43 Å². The summed E-state index contributed by atoms with van der Waals surface area (Å²) < 4.78 is 6.25. The number of benzene rings is 1. The second-order valence-electron chi connectivity index (χ2n) is 5.23. The summed E-state index contributed by atoms with van der Waals surface area (Å²) in [5, 5.41) is 2.76. The summed E-state index contributed by atoms with van der Waals surface area (Å²) in [6.45, 7) is 7.15. The molecule has 0 radical (unpaired) electrons. The molecule has 21 heavy (non-hydrogen) atoms. The molecule has 0 amide bonds. The van der Waals surface area contributed by atoms with E-state index in [0.29, 0.717) is 0 Å². The molecule has 0 unspecified atom stereocenters. The fourth-order valence-corrected chi connectivity index (χ4v) is 3.67. The van der Waals surface area contributed by atoms with Crippen LogP contribution in [0.2, 0.25) is 0 Å². The van der Waals surface area contributed by atoms with E-state index in [9.17, 15) is 4.79 Å². The summed E-state index contributed by atoms with van der Waals surface area (Å²) in [5.41, 5.74) is 0.948. The molecule has 2 aromatic rings. The van der Waals surface area contributed by atoms with Gasteiger partial charge < -0.3 is 14.5 Å². The van der Waals surface area contributed by atoms with Crippen LogP contribution in [-0.2, 0) is 0 Å². The molecule has 112 valence electrons. The van der Waals surface area contributed by atoms with Crippen LogP contribution in [-0.4, -0.2) is 44.7 Å². The topological polar surface area (TPSA) is 32.8 Å². The van der Waals surface area contributed by atoms with Crippen LogP contribution in [0, 0.1) is 0 Å². The highest BCUT2D eigenvalue weighted by atomic mass is 32.1. The summed E-state index contributed by atoms with van der Waals surface area (Å²) in [6, 6.07) is 5.71. The van der Waals surface area contributed by atoms with Gasteiger partial charge in [0, 0.05) is 41.6 Å². The number of piperazine rings is 1.